The van der Waals surface area contributed by atoms with Gasteiger partial charge in [-0.2, -0.15) is 5.10 Å². The molecular formula is C23H25ClN4O3. The number of rotatable bonds is 7. The molecule has 1 aliphatic heterocycles. The monoisotopic (exact) mass is 440 g/mol. The molecule has 1 aromatic heterocycles. The van der Waals surface area contributed by atoms with Crippen LogP contribution in [-0.4, -0.2) is 53.9 Å². The van der Waals surface area contributed by atoms with Crippen molar-refractivity contribution in [3.8, 4) is 11.3 Å². The summed E-state index contributed by atoms with van der Waals surface area (Å²) in [5.41, 5.74) is 1.70. The zero-order chi connectivity index (χ0) is 21.6. The molecule has 0 aliphatic carbocycles. The van der Waals surface area contributed by atoms with Gasteiger partial charge >= 0.3 is 0 Å². The van der Waals surface area contributed by atoms with E-state index in [9.17, 15) is 9.59 Å². The summed E-state index contributed by atoms with van der Waals surface area (Å²) in [4.78, 5) is 26.9. The van der Waals surface area contributed by atoms with Crippen molar-refractivity contribution >= 4 is 34.0 Å². The molecule has 3 aromatic rings. The van der Waals surface area contributed by atoms with Crippen LogP contribution in [0.25, 0.3) is 22.0 Å². The summed E-state index contributed by atoms with van der Waals surface area (Å²) < 4.78 is 5.35. The van der Waals surface area contributed by atoms with E-state index in [-0.39, 0.29) is 11.5 Å². The third-order valence-electron chi connectivity index (χ3n) is 5.44. The number of nitrogens with one attached hydrogen (secondary N) is 2. The van der Waals surface area contributed by atoms with Gasteiger partial charge in [0.15, 0.2) is 0 Å². The second kappa shape index (κ2) is 10.0. The van der Waals surface area contributed by atoms with Gasteiger partial charge in [0.1, 0.15) is 0 Å². The molecule has 162 valence electrons. The van der Waals surface area contributed by atoms with Crippen molar-refractivity contribution in [1.82, 2.24) is 15.1 Å². The van der Waals surface area contributed by atoms with Gasteiger partial charge in [0.25, 0.3) is 5.56 Å². The Morgan fingerprint density at radius 1 is 1.13 bits per heavy atom. The molecule has 0 atom stereocenters. The lowest BCUT2D eigenvalue weighted by molar-refractivity contribution is -0.116. The molecule has 2 N–H and O–H groups in total. The van der Waals surface area contributed by atoms with Gasteiger partial charge in [-0.15, -0.1) is 0 Å². The fourth-order valence-electron chi connectivity index (χ4n) is 3.76. The number of amides is 1. The van der Waals surface area contributed by atoms with E-state index < -0.39 is 0 Å². The lowest BCUT2D eigenvalue weighted by atomic mass is 10.0. The molecule has 0 saturated carbocycles. The standard InChI is InChI=1S/C23H25ClN4O3/c24-19-9-8-16(22-17-5-1-2-6-18(17)23(30)27-26-22)15-20(19)25-21(29)7-3-4-10-28-11-13-31-14-12-28/h1-2,5-6,8-9,15H,3-4,7,10-14H2,(H,25,29)(H,27,30). The number of aromatic nitrogens is 2. The van der Waals surface area contributed by atoms with Gasteiger partial charge < -0.3 is 10.1 Å². The normalized spacial score (nSPS) is 14.6. The maximum atomic E-state index is 12.5. The van der Waals surface area contributed by atoms with Crippen molar-refractivity contribution < 1.29 is 9.53 Å². The number of halogens is 1. The maximum Gasteiger partial charge on any atom is 0.272 e. The van der Waals surface area contributed by atoms with Crippen LogP contribution in [0.3, 0.4) is 0 Å². The number of morpholine rings is 1. The predicted molar refractivity (Wildman–Crippen MR) is 123 cm³/mol. The van der Waals surface area contributed by atoms with E-state index in [1.165, 1.54) is 0 Å². The zero-order valence-corrected chi connectivity index (χ0v) is 18.0. The van der Waals surface area contributed by atoms with Crippen molar-refractivity contribution in [2.24, 2.45) is 0 Å². The van der Waals surface area contributed by atoms with Crippen LogP contribution in [-0.2, 0) is 9.53 Å². The number of nitrogens with zero attached hydrogens (tertiary/aromatic N) is 2. The number of H-pyrrole nitrogens is 1. The number of benzene rings is 2. The Labute approximate surface area is 185 Å². The van der Waals surface area contributed by atoms with Crippen LogP contribution in [0.4, 0.5) is 5.69 Å². The zero-order valence-electron chi connectivity index (χ0n) is 17.2. The Balaban J connectivity index is 1.42. The van der Waals surface area contributed by atoms with Crippen molar-refractivity contribution in [3.05, 3.63) is 57.8 Å². The van der Waals surface area contributed by atoms with Gasteiger partial charge in [-0.25, -0.2) is 5.10 Å². The minimum absolute atomic E-state index is 0.0692. The van der Waals surface area contributed by atoms with Gasteiger partial charge in [0.05, 0.1) is 35.0 Å². The quantitative estimate of drug-likeness (QED) is 0.547. The molecule has 7 nitrogen and oxygen atoms in total. The molecular weight excluding hydrogens is 416 g/mol. The molecule has 31 heavy (non-hydrogen) atoms. The lowest BCUT2D eigenvalue weighted by Gasteiger charge is -2.26. The minimum Gasteiger partial charge on any atom is -0.379 e. The molecule has 1 amide bonds. The number of carbonyl (C=O) groups excluding carboxylic acids is 1. The molecule has 0 unspecified atom stereocenters. The van der Waals surface area contributed by atoms with E-state index in [1.807, 2.05) is 24.3 Å². The molecule has 4 rings (SSSR count). The molecule has 1 saturated heterocycles. The van der Waals surface area contributed by atoms with Gasteiger partial charge in [-0.05, 0) is 37.6 Å². The van der Waals surface area contributed by atoms with Crippen LogP contribution in [0.1, 0.15) is 19.3 Å². The van der Waals surface area contributed by atoms with Gasteiger partial charge in [-0.3, -0.25) is 14.5 Å². The summed E-state index contributed by atoms with van der Waals surface area (Å²) >= 11 is 6.32. The fraction of sp³-hybridized carbons (Fsp3) is 0.348. The summed E-state index contributed by atoms with van der Waals surface area (Å²) in [6.07, 6.45) is 2.21. The number of anilines is 1. The summed E-state index contributed by atoms with van der Waals surface area (Å²) in [5.74, 6) is -0.0692. The van der Waals surface area contributed by atoms with Crippen LogP contribution in [0.2, 0.25) is 5.02 Å². The predicted octanol–water partition coefficient (Wildman–Crippen LogP) is 3.68. The van der Waals surface area contributed by atoms with Crippen molar-refractivity contribution in [3.63, 3.8) is 0 Å². The third-order valence-corrected chi connectivity index (χ3v) is 5.77. The Hall–Kier alpha value is -2.74. The minimum atomic E-state index is -0.237. The van der Waals surface area contributed by atoms with Crippen LogP contribution in [0, 0.1) is 0 Å². The molecule has 1 aliphatic rings. The number of ether oxygens (including phenoxy) is 1. The number of hydrogen-bond donors (Lipinski definition) is 2. The average Bonchev–Trinajstić information content (AvgIpc) is 2.80. The molecule has 1 fully saturated rings. The average molecular weight is 441 g/mol. The largest absolute Gasteiger partial charge is 0.379 e. The number of hydrogen-bond acceptors (Lipinski definition) is 5. The van der Waals surface area contributed by atoms with Gasteiger partial charge in [0, 0.05) is 30.5 Å². The number of fused-ring (bicyclic) bond motifs is 1. The molecule has 0 bridgehead atoms. The van der Waals surface area contributed by atoms with Crippen LogP contribution >= 0.6 is 11.6 Å². The van der Waals surface area contributed by atoms with E-state index in [0.29, 0.717) is 28.2 Å². The molecule has 2 aromatic carbocycles. The Morgan fingerprint density at radius 3 is 2.71 bits per heavy atom. The van der Waals surface area contributed by atoms with E-state index in [0.717, 1.165) is 56.6 Å². The van der Waals surface area contributed by atoms with Crippen LogP contribution in [0.5, 0.6) is 0 Å². The lowest BCUT2D eigenvalue weighted by Crippen LogP contribution is -2.36. The highest BCUT2D eigenvalue weighted by Gasteiger charge is 2.13. The molecule has 8 heteroatoms. The van der Waals surface area contributed by atoms with E-state index >= 15 is 0 Å². The number of aromatic amines is 1. The second-order valence-corrected chi connectivity index (χ2v) is 8.01. The SMILES string of the molecule is O=C(CCCCN1CCOCC1)Nc1cc(-c2n[nH]c(=O)c3ccccc23)ccc1Cl. The summed E-state index contributed by atoms with van der Waals surface area (Å²) in [6.45, 7) is 4.48. The molecule has 0 radical (unpaired) electrons. The smallest absolute Gasteiger partial charge is 0.272 e. The molecule has 0 spiro atoms. The summed E-state index contributed by atoms with van der Waals surface area (Å²) in [5, 5.41) is 11.4. The number of unbranched alkanes of at least 4 members (excludes halogenated alkanes) is 1. The highest BCUT2D eigenvalue weighted by molar-refractivity contribution is 6.33. The Bertz CT molecular complexity index is 1130. The van der Waals surface area contributed by atoms with E-state index in [2.05, 4.69) is 20.4 Å². The van der Waals surface area contributed by atoms with Crippen molar-refractivity contribution in [2.75, 3.05) is 38.2 Å². The molecule has 2 heterocycles. The topological polar surface area (TPSA) is 87.3 Å². The first-order chi connectivity index (χ1) is 15.1. The Kier molecular flexibility index (Phi) is 6.96. The van der Waals surface area contributed by atoms with Crippen LogP contribution < -0.4 is 10.9 Å². The first kappa shape index (κ1) is 21.5. The van der Waals surface area contributed by atoms with Crippen molar-refractivity contribution in [2.45, 2.75) is 19.3 Å². The van der Waals surface area contributed by atoms with Crippen LogP contribution in [0.15, 0.2) is 47.3 Å². The van der Waals surface area contributed by atoms with Gasteiger partial charge in [-0.1, -0.05) is 35.9 Å². The van der Waals surface area contributed by atoms with E-state index in [1.54, 1.807) is 18.2 Å². The van der Waals surface area contributed by atoms with E-state index in [4.69, 9.17) is 16.3 Å². The summed E-state index contributed by atoms with van der Waals surface area (Å²) in [7, 11) is 0. The first-order valence-electron chi connectivity index (χ1n) is 10.5. The second-order valence-electron chi connectivity index (χ2n) is 7.60. The Morgan fingerprint density at radius 2 is 1.90 bits per heavy atom. The number of carbonyl (C=O) groups is 1. The summed E-state index contributed by atoms with van der Waals surface area (Å²) in [6, 6.07) is 12.6. The fourth-order valence-corrected chi connectivity index (χ4v) is 3.93. The van der Waals surface area contributed by atoms with Crippen molar-refractivity contribution in [1.29, 1.82) is 0 Å². The first-order valence-corrected chi connectivity index (χ1v) is 10.9. The maximum absolute atomic E-state index is 12.5. The highest BCUT2D eigenvalue weighted by Crippen LogP contribution is 2.30. The van der Waals surface area contributed by atoms with Gasteiger partial charge in [0.2, 0.25) is 5.91 Å². The third kappa shape index (κ3) is 5.31. The highest BCUT2D eigenvalue weighted by atomic mass is 35.5.